The molecule has 114 valence electrons. The Morgan fingerprint density at radius 1 is 1.36 bits per heavy atom. The number of aromatic amines is 1. The standard InChI is InChI=1S/C17H19N3OS/c1-4-20(3)9-14-18-16(21)15-13(10-22-17(15)19-14)12-7-5-6-11(2)8-12/h5-8,10H,4,9H2,1-3H3,(H,18,19,21). The summed E-state index contributed by atoms with van der Waals surface area (Å²) in [5, 5.41) is 2.72. The molecule has 0 fully saturated rings. The van der Waals surface area contributed by atoms with E-state index >= 15 is 0 Å². The van der Waals surface area contributed by atoms with Crippen LogP contribution in [0.4, 0.5) is 0 Å². The van der Waals surface area contributed by atoms with Crippen LogP contribution in [-0.4, -0.2) is 28.5 Å². The van der Waals surface area contributed by atoms with E-state index in [-0.39, 0.29) is 5.56 Å². The van der Waals surface area contributed by atoms with Crippen LogP contribution in [0.25, 0.3) is 21.3 Å². The highest BCUT2D eigenvalue weighted by molar-refractivity contribution is 7.17. The van der Waals surface area contributed by atoms with Gasteiger partial charge in [0.2, 0.25) is 0 Å². The van der Waals surface area contributed by atoms with E-state index in [2.05, 4.69) is 40.8 Å². The molecule has 2 heterocycles. The number of thiophene rings is 1. The van der Waals surface area contributed by atoms with Gasteiger partial charge in [0.25, 0.3) is 5.56 Å². The summed E-state index contributed by atoms with van der Waals surface area (Å²) in [4.78, 5) is 23.0. The number of nitrogens with one attached hydrogen (secondary N) is 1. The molecule has 0 aliphatic rings. The molecule has 0 radical (unpaired) electrons. The van der Waals surface area contributed by atoms with Gasteiger partial charge in [-0.05, 0) is 26.1 Å². The lowest BCUT2D eigenvalue weighted by Crippen LogP contribution is -2.21. The summed E-state index contributed by atoms with van der Waals surface area (Å²) >= 11 is 1.53. The SMILES string of the molecule is CCN(C)Cc1nc2scc(-c3cccc(C)c3)c2c(=O)[nH]1. The molecule has 22 heavy (non-hydrogen) atoms. The molecule has 0 saturated carbocycles. The quantitative estimate of drug-likeness (QED) is 0.803. The van der Waals surface area contributed by atoms with Crippen molar-refractivity contribution in [1.82, 2.24) is 14.9 Å². The minimum Gasteiger partial charge on any atom is -0.309 e. The van der Waals surface area contributed by atoms with Gasteiger partial charge in [-0.2, -0.15) is 0 Å². The molecule has 0 aliphatic heterocycles. The van der Waals surface area contributed by atoms with Crippen molar-refractivity contribution in [2.75, 3.05) is 13.6 Å². The van der Waals surface area contributed by atoms with Gasteiger partial charge in [-0.1, -0.05) is 36.8 Å². The average molecular weight is 313 g/mol. The van der Waals surface area contributed by atoms with Crippen LogP contribution in [0.1, 0.15) is 18.3 Å². The molecule has 1 aromatic carbocycles. The van der Waals surface area contributed by atoms with Gasteiger partial charge in [-0.25, -0.2) is 4.98 Å². The van der Waals surface area contributed by atoms with E-state index < -0.39 is 0 Å². The molecule has 5 heteroatoms. The van der Waals surface area contributed by atoms with Gasteiger partial charge in [0.05, 0.1) is 11.9 Å². The van der Waals surface area contributed by atoms with Crippen LogP contribution in [0.2, 0.25) is 0 Å². The highest BCUT2D eigenvalue weighted by atomic mass is 32.1. The van der Waals surface area contributed by atoms with Crippen molar-refractivity contribution in [2.45, 2.75) is 20.4 Å². The van der Waals surface area contributed by atoms with Crippen LogP contribution in [0.15, 0.2) is 34.4 Å². The van der Waals surface area contributed by atoms with Gasteiger partial charge in [-0.15, -0.1) is 11.3 Å². The summed E-state index contributed by atoms with van der Waals surface area (Å²) in [6.45, 7) is 5.71. The fourth-order valence-electron chi connectivity index (χ4n) is 2.46. The second kappa shape index (κ2) is 6.02. The molecule has 1 N–H and O–H groups in total. The molecule has 0 atom stereocenters. The lowest BCUT2D eigenvalue weighted by atomic mass is 10.0. The zero-order chi connectivity index (χ0) is 15.7. The van der Waals surface area contributed by atoms with Crippen molar-refractivity contribution in [2.24, 2.45) is 0 Å². The molecule has 3 aromatic rings. The number of aryl methyl sites for hydroxylation is 1. The summed E-state index contributed by atoms with van der Waals surface area (Å²) in [6.07, 6.45) is 0. The number of aromatic nitrogens is 2. The molecule has 0 saturated heterocycles. The Balaban J connectivity index is 2.10. The molecule has 3 rings (SSSR count). The zero-order valence-electron chi connectivity index (χ0n) is 13.0. The predicted octanol–water partition coefficient (Wildman–Crippen LogP) is 3.41. The predicted molar refractivity (Wildman–Crippen MR) is 92.4 cm³/mol. The van der Waals surface area contributed by atoms with Gasteiger partial charge < -0.3 is 4.98 Å². The van der Waals surface area contributed by atoms with Crippen LogP contribution in [-0.2, 0) is 6.54 Å². The minimum atomic E-state index is -0.0535. The fourth-order valence-corrected chi connectivity index (χ4v) is 3.43. The van der Waals surface area contributed by atoms with Crippen LogP contribution in [0, 0.1) is 6.92 Å². The van der Waals surface area contributed by atoms with Crippen LogP contribution in [0.3, 0.4) is 0 Å². The molecule has 0 aliphatic carbocycles. The Hall–Kier alpha value is -1.98. The number of nitrogens with zero attached hydrogens (tertiary/aromatic N) is 2. The van der Waals surface area contributed by atoms with E-state index in [1.807, 2.05) is 24.6 Å². The summed E-state index contributed by atoms with van der Waals surface area (Å²) in [5.41, 5.74) is 3.16. The van der Waals surface area contributed by atoms with Gasteiger partial charge in [0, 0.05) is 10.9 Å². The van der Waals surface area contributed by atoms with Crippen molar-refractivity contribution in [3.05, 3.63) is 51.4 Å². The Morgan fingerprint density at radius 2 is 2.18 bits per heavy atom. The van der Waals surface area contributed by atoms with Crippen molar-refractivity contribution in [1.29, 1.82) is 0 Å². The van der Waals surface area contributed by atoms with Crippen molar-refractivity contribution in [3.63, 3.8) is 0 Å². The topological polar surface area (TPSA) is 49.0 Å². The minimum absolute atomic E-state index is 0.0535. The number of hydrogen-bond acceptors (Lipinski definition) is 4. The smallest absolute Gasteiger partial charge is 0.260 e. The normalized spacial score (nSPS) is 11.5. The maximum absolute atomic E-state index is 12.5. The third-order valence-corrected chi connectivity index (χ3v) is 4.65. The molecule has 0 bridgehead atoms. The highest BCUT2D eigenvalue weighted by Crippen LogP contribution is 2.31. The lowest BCUT2D eigenvalue weighted by molar-refractivity contribution is 0.336. The van der Waals surface area contributed by atoms with E-state index in [0.717, 1.165) is 28.3 Å². The summed E-state index contributed by atoms with van der Waals surface area (Å²) in [5.74, 6) is 0.722. The maximum Gasteiger partial charge on any atom is 0.260 e. The molecule has 0 unspecified atom stereocenters. The number of H-pyrrole nitrogens is 1. The first-order valence-corrected chi connectivity index (χ1v) is 8.22. The van der Waals surface area contributed by atoms with E-state index in [9.17, 15) is 4.79 Å². The Labute approximate surface area is 133 Å². The first kappa shape index (κ1) is 14.9. The third kappa shape index (κ3) is 2.82. The second-order valence-corrected chi connectivity index (χ2v) is 6.40. The van der Waals surface area contributed by atoms with Gasteiger partial charge in [-0.3, -0.25) is 9.69 Å². The third-order valence-electron chi connectivity index (χ3n) is 3.78. The first-order chi connectivity index (χ1) is 10.6. The van der Waals surface area contributed by atoms with E-state index in [1.54, 1.807) is 0 Å². The number of benzene rings is 1. The van der Waals surface area contributed by atoms with Crippen LogP contribution in [0.5, 0.6) is 0 Å². The molecule has 4 nitrogen and oxygen atoms in total. The number of hydrogen-bond donors (Lipinski definition) is 1. The van der Waals surface area contributed by atoms with E-state index in [4.69, 9.17) is 0 Å². The van der Waals surface area contributed by atoms with E-state index in [0.29, 0.717) is 11.9 Å². The monoisotopic (exact) mass is 313 g/mol. The maximum atomic E-state index is 12.5. The van der Waals surface area contributed by atoms with Gasteiger partial charge in [0.15, 0.2) is 0 Å². The number of rotatable bonds is 4. The Morgan fingerprint density at radius 3 is 2.91 bits per heavy atom. The van der Waals surface area contributed by atoms with Crippen molar-refractivity contribution < 1.29 is 0 Å². The van der Waals surface area contributed by atoms with Crippen LogP contribution < -0.4 is 5.56 Å². The van der Waals surface area contributed by atoms with Crippen LogP contribution >= 0.6 is 11.3 Å². The summed E-state index contributed by atoms with van der Waals surface area (Å²) in [6, 6.07) is 8.20. The fraction of sp³-hybridized carbons (Fsp3) is 0.294. The molecule has 0 amide bonds. The Kier molecular flexibility index (Phi) is 4.09. The van der Waals surface area contributed by atoms with Crippen molar-refractivity contribution in [3.8, 4) is 11.1 Å². The lowest BCUT2D eigenvalue weighted by Gasteiger charge is -2.12. The molecule has 0 spiro atoms. The van der Waals surface area contributed by atoms with E-state index in [1.165, 1.54) is 16.9 Å². The molecule has 2 aromatic heterocycles. The molecular formula is C17H19N3OS. The summed E-state index contributed by atoms with van der Waals surface area (Å²) < 4.78 is 0. The zero-order valence-corrected chi connectivity index (χ0v) is 13.8. The highest BCUT2D eigenvalue weighted by Gasteiger charge is 2.13. The Bertz CT molecular complexity index is 866. The summed E-state index contributed by atoms with van der Waals surface area (Å²) in [7, 11) is 2.01. The van der Waals surface area contributed by atoms with Gasteiger partial charge in [0.1, 0.15) is 10.7 Å². The van der Waals surface area contributed by atoms with Crippen molar-refractivity contribution >= 4 is 21.6 Å². The number of fused-ring (bicyclic) bond motifs is 1. The average Bonchev–Trinajstić information content (AvgIpc) is 2.91. The molecular weight excluding hydrogens is 294 g/mol. The van der Waals surface area contributed by atoms with Gasteiger partial charge >= 0.3 is 0 Å². The second-order valence-electron chi connectivity index (χ2n) is 5.54. The first-order valence-electron chi connectivity index (χ1n) is 7.34. The largest absolute Gasteiger partial charge is 0.309 e.